The van der Waals surface area contributed by atoms with Crippen LogP contribution < -0.4 is 51.4 Å². The van der Waals surface area contributed by atoms with Gasteiger partial charge in [0.2, 0.25) is 5.78 Å². The number of nitrogens with zero attached hydrogens (tertiary/aromatic N) is 3. The van der Waals surface area contributed by atoms with Crippen molar-refractivity contribution < 1.29 is 65.0 Å². The van der Waals surface area contributed by atoms with E-state index in [-0.39, 0.29) is 85.3 Å². The zero-order valence-electron chi connectivity index (χ0n) is 20.4. The van der Waals surface area contributed by atoms with Crippen LogP contribution in [-0.4, -0.2) is 34.7 Å². The van der Waals surface area contributed by atoms with Crippen molar-refractivity contribution in [3.8, 4) is 0 Å². The van der Waals surface area contributed by atoms with Gasteiger partial charge in [0.1, 0.15) is 0 Å². The van der Waals surface area contributed by atoms with Crippen molar-refractivity contribution in [1.82, 2.24) is 9.88 Å². The molecule has 180 valence electrons. The summed E-state index contributed by atoms with van der Waals surface area (Å²) in [5.74, 6) is -4.60. The fourth-order valence-corrected chi connectivity index (χ4v) is 5.69. The second-order valence-corrected chi connectivity index (χ2v) is 9.91. The summed E-state index contributed by atoms with van der Waals surface area (Å²) in [6.07, 6.45) is 6.74. The minimum atomic E-state index is -3.61. The number of hydrogen-bond acceptors (Lipinski definition) is 4. The first kappa shape index (κ1) is 28.5. The Morgan fingerprint density at radius 1 is 1.26 bits per heavy atom. The van der Waals surface area contributed by atoms with Crippen LogP contribution in [0.3, 0.4) is 0 Å². The Labute approximate surface area is 252 Å². The number of ketones is 1. The maximum atomic E-state index is 14.7. The maximum Gasteiger partial charge on any atom is 1.00 e. The average molecular weight is 522 g/mol. The van der Waals surface area contributed by atoms with Crippen molar-refractivity contribution in [1.29, 1.82) is 0 Å². The molecule has 1 aromatic carbocycles. The van der Waals surface area contributed by atoms with Crippen LogP contribution in [0.25, 0.3) is 5.73 Å². The molecular weight excluding hydrogens is 493 g/mol. The maximum absolute atomic E-state index is 14.7. The minimum Gasteiger partial charge on any atom is -0.426 e. The van der Waals surface area contributed by atoms with Crippen molar-refractivity contribution in [3.05, 3.63) is 76.3 Å². The Morgan fingerprint density at radius 2 is 1.89 bits per heavy atom. The number of aromatic nitrogens is 1. The SMILES string of the molecule is CCC(=O)C(F)(F)c1c(S[C-]=CN=C([NH-])N2CCC3(CC2)Cc2ccccc2C3)ccnc1C.[K+]. The zero-order valence-corrected chi connectivity index (χ0v) is 24.3. The summed E-state index contributed by atoms with van der Waals surface area (Å²) in [5, 5.41) is 2.81. The number of benzene rings is 1. The largest absolute Gasteiger partial charge is 1.00 e. The summed E-state index contributed by atoms with van der Waals surface area (Å²) >= 11 is 0.926. The van der Waals surface area contributed by atoms with E-state index >= 15 is 0 Å². The Hall–Kier alpha value is -1.10. The number of carbonyl (C=O) groups excluding carboxylic acids is 1. The van der Waals surface area contributed by atoms with Gasteiger partial charge in [0, 0.05) is 24.3 Å². The van der Waals surface area contributed by atoms with Crippen LogP contribution in [0.2, 0.25) is 0 Å². The number of pyridine rings is 1. The van der Waals surface area contributed by atoms with E-state index in [9.17, 15) is 13.6 Å². The third kappa shape index (κ3) is 6.25. The van der Waals surface area contributed by atoms with Gasteiger partial charge in [-0.15, -0.1) is 0 Å². The number of thioether (sulfide) groups is 1. The number of halogens is 2. The number of guanidine groups is 1. The number of nitrogens with one attached hydrogen (secondary N) is 1. The third-order valence-corrected chi connectivity index (χ3v) is 7.65. The molecule has 1 N–H and O–H groups in total. The van der Waals surface area contributed by atoms with E-state index in [1.165, 1.54) is 43.4 Å². The van der Waals surface area contributed by atoms with Crippen molar-refractivity contribution in [3.63, 3.8) is 0 Å². The number of aryl methyl sites for hydroxylation is 1. The van der Waals surface area contributed by atoms with Gasteiger partial charge in [0.05, 0.1) is 5.56 Å². The Bertz CT molecular complexity index is 1100. The van der Waals surface area contributed by atoms with Crippen LogP contribution in [0.15, 0.2) is 52.6 Å². The molecule has 1 aliphatic heterocycles. The van der Waals surface area contributed by atoms with Gasteiger partial charge >= 0.3 is 57.3 Å². The molecule has 1 saturated heterocycles. The fourth-order valence-electron chi connectivity index (χ4n) is 4.95. The van der Waals surface area contributed by atoms with Gasteiger partial charge in [0.25, 0.3) is 0 Å². The van der Waals surface area contributed by atoms with Crippen molar-refractivity contribution >= 4 is 23.5 Å². The van der Waals surface area contributed by atoms with Crippen LogP contribution in [-0.2, 0) is 23.6 Å². The number of hydrogen-bond donors (Lipinski definition) is 0. The van der Waals surface area contributed by atoms with Crippen LogP contribution in [0.5, 0.6) is 0 Å². The van der Waals surface area contributed by atoms with Gasteiger partial charge in [-0.1, -0.05) is 31.2 Å². The van der Waals surface area contributed by atoms with Gasteiger partial charge in [-0.25, -0.2) is 6.20 Å². The average Bonchev–Trinajstić information content (AvgIpc) is 3.18. The molecule has 0 bridgehead atoms. The molecule has 2 aliphatic rings. The van der Waals surface area contributed by atoms with Gasteiger partial charge in [0.15, 0.2) is 0 Å². The Balaban J connectivity index is 0.00000342. The standard InChI is InChI=1S/C26H28F2N4OS.K/c1-3-22(33)26(27,28)23-18(2)30-11-8-21(23)34-15-12-31-24(29)32-13-9-25(10-14-32)16-19-6-4-5-7-20(19)17-25;/h4-8,11-12H,3,9-10,13-14,16-17H2,1-2H3,(H-,29,31);/q-2;+1. The predicted molar refractivity (Wildman–Crippen MR) is 131 cm³/mol. The molecule has 1 aliphatic carbocycles. The molecule has 35 heavy (non-hydrogen) atoms. The minimum absolute atomic E-state index is 0. The number of alkyl halides is 2. The zero-order chi connectivity index (χ0) is 24.3. The first-order chi connectivity index (χ1) is 16.3. The van der Waals surface area contributed by atoms with E-state index in [0.29, 0.717) is 0 Å². The van der Waals surface area contributed by atoms with Crippen LogP contribution in [0.1, 0.15) is 48.6 Å². The molecule has 0 atom stereocenters. The number of fused-ring (bicyclic) bond motifs is 1. The molecule has 1 fully saturated rings. The number of aliphatic imine (C=N–C) groups is 1. The molecule has 1 aromatic heterocycles. The third-order valence-electron chi connectivity index (χ3n) is 6.87. The quantitative estimate of drug-likeness (QED) is 0.193. The van der Waals surface area contributed by atoms with E-state index in [4.69, 9.17) is 5.73 Å². The van der Waals surface area contributed by atoms with Crippen molar-refractivity contribution in [2.45, 2.75) is 56.8 Å². The van der Waals surface area contributed by atoms with Crippen LogP contribution >= 0.6 is 11.8 Å². The summed E-state index contributed by atoms with van der Waals surface area (Å²) in [7, 11) is 0. The molecule has 2 heterocycles. The van der Waals surface area contributed by atoms with Gasteiger partial charge in [-0.3, -0.25) is 9.78 Å². The monoisotopic (exact) mass is 521 g/mol. The normalized spacial score (nSPS) is 17.5. The van der Waals surface area contributed by atoms with E-state index in [1.807, 2.05) is 4.90 Å². The molecule has 1 spiro atoms. The van der Waals surface area contributed by atoms with Gasteiger partial charge < -0.3 is 32.8 Å². The fraction of sp³-hybridized carbons (Fsp3) is 0.423. The first-order valence-corrected chi connectivity index (χ1v) is 12.3. The summed E-state index contributed by atoms with van der Waals surface area (Å²) < 4.78 is 29.3. The number of piperidine rings is 1. The molecule has 9 heteroatoms. The number of Topliss-reactive ketones (excluding diaryl/α,β-unsaturated/α-hetero) is 1. The van der Waals surface area contributed by atoms with Crippen molar-refractivity contribution in [2.24, 2.45) is 10.4 Å². The van der Waals surface area contributed by atoms with Gasteiger partial charge in [-0.2, -0.15) is 8.78 Å². The second kappa shape index (κ2) is 12.0. The molecule has 2 aromatic rings. The Morgan fingerprint density at radius 3 is 2.49 bits per heavy atom. The summed E-state index contributed by atoms with van der Waals surface area (Å²) in [6, 6.07) is 10.1. The topological polar surface area (TPSA) is 69.4 Å². The number of carbonyl (C=O) groups is 1. The van der Waals surface area contributed by atoms with Gasteiger partial charge in [-0.05, 0) is 73.2 Å². The molecule has 4 rings (SSSR count). The molecule has 0 radical (unpaired) electrons. The summed E-state index contributed by atoms with van der Waals surface area (Å²) in [4.78, 5) is 22.1. The first-order valence-electron chi connectivity index (χ1n) is 11.5. The van der Waals surface area contributed by atoms with Crippen LogP contribution in [0, 0.1) is 17.7 Å². The van der Waals surface area contributed by atoms with Crippen LogP contribution in [0.4, 0.5) is 8.78 Å². The predicted octanol–water partition coefficient (Wildman–Crippen LogP) is 3.12. The summed E-state index contributed by atoms with van der Waals surface area (Å²) in [6.45, 7) is 4.43. The van der Waals surface area contributed by atoms with E-state index in [2.05, 4.69) is 39.6 Å². The molecule has 0 saturated carbocycles. The van der Waals surface area contributed by atoms with E-state index in [0.717, 1.165) is 50.5 Å². The number of rotatable bonds is 6. The van der Waals surface area contributed by atoms with E-state index in [1.54, 1.807) is 0 Å². The second-order valence-electron chi connectivity index (χ2n) is 9.03. The molecular formula is C26H28F2KN4OS-. The Kier molecular flexibility index (Phi) is 9.73. The summed E-state index contributed by atoms with van der Waals surface area (Å²) in [5.41, 5.74) is 11.2. The molecule has 0 unspecified atom stereocenters. The van der Waals surface area contributed by atoms with E-state index < -0.39 is 11.7 Å². The molecule has 0 amide bonds. The molecule has 5 nitrogen and oxygen atoms in total. The smallest absolute Gasteiger partial charge is 0.426 e. The number of likely N-dealkylation sites (tertiary alicyclic amines) is 1. The van der Waals surface area contributed by atoms with Crippen molar-refractivity contribution in [2.75, 3.05) is 13.1 Å².